The summed E-state index contributed by atoms with van der Waals surface area (Å²) in [5.74, 6) is -1.12. The van der Waals surface area contributed by atoms with Crippen LogP contribution in [0.25, 0.3) is 0 Å². The Hall–Kier alpha value is -1.93. The van der Waals surface area contributed by atoms with Gasteiger partial charge in [-0.25, -0.2) is 4.57 Å². The number of ether oxygens (including phenoxy) is 2. The van der Waals surface area contributed by atoms with Crippen LogP contribution in [0.5, 0.6) is 0 Å². The number of allylic oxidation sites excluding steroid dienone is 6. The van der Waals surface area contributed by atoms with Crippen LogP contribution in [-0.4, -0.2) is 98.3 Å². The van der Waals surface area contributed by atoms with Crippen LogP contribution in [0.4, 0.5) is 0 Å². The van der Waals surface area contributed by atoms with E-state index in [-0.39, 0.29) is 12.8 Å². The number of carbonyl (C=O) groups is 2. The van der Waals surface area contributed by atoms with E-state index in [0.717, 1.165) is 70.6 Å². The van der Waals surface area contributed by atoms with Gasteiger partial charge >= 0.3 is 19.8 Å². The number of rotatable bonds is 34. The van der Waals surface area contributed by atoms with Gasteiger partial charge in [0.15, 0.2) is 6.10 Å². The maximum Gasteiger partial charge on any atom is 0.472 e. The topological polar surface area (TPSA) is 210 Å². The molecule has 8 atom stereocenters. The highest BCUT2D eigenvalue weighted by atomic mass is 31.2. The number of aliphatic hydroxyl groups is 5. The van der Waals surface area contributed by atoms with Crippen molar-refractivity contribution in [2.75, 3.05) is 13.2 Å². The number of hydrogen-bond donors (Lipinski definition) is 6. The average Bonchev–Trinajstić information content (AvgIpc) is 3.18. The fourth-order valence-corrected chi connectivity index (χ4v) is 7.27. The lowest BCUT2D eigenvalue weighted by Gasteiger charge is -2.41. The molecule has 1 saturated carbocycles. The molecule has 1 aliphatic carbocycles. The molecule has 326 valence electrons. The van der Waals surface area contributed by atoms with Gasteiger partial charge in [0.25, 0.3) is 0 Å². The van der Waals surface area contributed by atoms with Crippen LogP contribution in [0.2, 0.25) is 0 Å². The zero-order valence-corrected chi connectivity index (χ0v) is 35.1. The predicted octanol–water partition coefficient (Wildman–Crippen LogP) is 7.44. The second-order valence-electron chi connectivity index (χ2n) is 14.8. The summed E-state index contributed by atoms with van der Waals surface area (Å²) in [5.41, 5.74) is 0. The predicted molar refractivity (Wildman–Crippen MR) is 216 cm³/mol. The maximum absolute atomic E-state index is 12.8. The average molecular weight is 819 g/mol. The minimum Gasteiger partial charge on any atom is -0.462 e. The Morgan fingerprint density at radius 1 is 0.571 bits per heavy atom. The first-order chi connectivity index (χ1) is 26.9. The number of aliphatic hydroxyl groups excluding tert-OH is 5. The first-order valence-electron chi connectivity index (χ1n) is 21.3. The largest absolute Gasteiger partial charge is 0.472 e. The summed E-state index contributed by atoms with van der Waals surface area (Å²) >= 11 is 0. The summed E-state index contributed by atoms with van der Waals surface area (Å²) < 4.78 is 33.4. The van der Waals surface area contributed by atoms with Gasteiger partial charge < -0.3 is 39.9 Å². The molecule has 0 saturated heterocycles. The van der Waals surface area contributed by atoms with Crippen LogP contribution in [-0.2, 0) is 32.7 Å². The first-order valence-corrected chi connectivity index (χ1v) is 22.8. The smallest absolute Gasteiger partial charge is 0.462 e. The SMILES string of the molecule is CC/C=C/C/C=C/C/C=C/CCCCCCCC(=O)O[C@H](COC(=O)CCCCCCCCCCCCCC)COP(=O)(O)OC1C(O)C(O)C(O)[C@H](O)C1O. The van der Waals surface area contributed by atoms with Crippen molar-refractivity contribution in [2.24, 2.45) is 0 Å². The molecular weight excluding hydrogens is 743 g/mol. The molecule has 13 nitrogen and oxygen atoms in total. The highest BCUT2D eigenvalue weighted by molar-refractivity contribution is 7.47. The van der Waals surface area contributed by atoms with Crippen molar-refractivity contribution in [3.8, 4) is 0 Å². The quantitative estimate of drug-likeness (QED) is 0.0162. The van der Waals surface area contributed by atoms with Crippen LogP contribution < -0.4 is 0 Å². The van der Waals surface area contributed by atoms with Crippen LogP contribution in [0.3, 0.4) is 0 Å². The monoisotopic (exact) mass is 818 g/mol. The second kappa shape index (κ2) is 33.0. The van der Waals surface area contributed by atoms with Gasteiger partial charge in [-0.2, -0.15) is 0 Å². The van der Waals surface area contributed by atoms with Gasteiger partial charge in [0.05, 0.1) is 6.61 Å². The molecule has 0 aromatic heterocycles. The van der Waals surface area contributed by atoms with E-state index in [4.69, 9.17) is 18.5 Å². The summed E-state index contributed by atoms with van der Waals surface area (Å²) in [5, 5.41) is 50.0. The highest BCUT2D eigenvalue weighted by Crippen LogP contribution is 2.47. The molecule has 0 bridgehead atoms. The summed E-state index contributed by atoms with van der Waals surface area (Å²) in [6.07, 6.45) is 22.1. The summed E-state index contributed by atoms with van der Waals surface area (Å²) in [7, 11) is -5.12. The number of carbonyl (C=O) groups excluding carboxylic acids is 2. The lowest BCUT2D eigenvalue weighted by molar-refractivity contribution is -0.220. The fourth-order valence-electron chi connectivity index (χ4n) is 6.30. The zero-order valence-electron chi connectivity index (χ0n) is 34.2. The Morgan fingerprint density at radius 2 is 1.02 bits per heavy atom. The molecule has 1 fully saturated rings. The molecule has 0 amide bonds. The fraction of sp³-hybridized carbons (Fsp3) is 0.810. The van der Waals surface area contributed by atoms with Gasteiger partial charge in [-0.05, 0) is 44.9 Å². The molecule has 0 radical (unpaired) electrons. The molecular formula is C42H75O13P. The lowest BCUT2D eigenvalue weighted by Crippen LogP contribution is -2.64. The standard InChI is InChI=1S/C42H75O13P/c1-3-5-7-9-11-13-15-17-18-19-21-23-25-27-29-31-36(44)54-34(32-52-35(43)30-28-26-24-22-20-16-14-12-10-8-6-4-2)33-53-56(50,51)55-42-40(48)38(46)37(45)39(47)41(42)49/h5,7,11,13,17-18,34,37-42,45-49H,3-4,6,8-10,12,14-16,19-33H2,1-2H3,(H,50,51)/b7-5+,13-11+,18-17+/t34-,37?,38+,39?,40?,41?,42?/m1/s1. The van der Waals surface area contributed by atoms with E-state index in [1.165, 1.54) is 51.4 Å². The first kappa shape index (κ1) is 52.1. The Kier molecular flexibility index (Phi) is 30.7. The minimum absolute atomic E-state index is 0.0782. The van der Waals surface area contributed by atoms with Crippen molar-refractivity contribution in [1.29, 1.82) is 0 Å². The molecule has 1 rings (SSSR count). The van der Waals surface area contributed by atoms with Crippen molar-refractivity contribution in [1.82, 2.24) is 0 Å². The van der Waals surface area contributed by atoms with Crippen LogP contribution in [0.15, 0.2) is 36.5 Å². The molecule has 0 aromatic carbocycles. The number of phosphoric acid groups is 1. The van der Waals surface area contributed by atoms with E-state index >= 15 is 0 Å². The molecule has 56 heavy (non-hydrogen) atoms. The number of unbranched alkanes of at least 4 members (excludes halogenated alkanes) is 16. The molecule has 0 aromatic rings. The molecule has 6 N–H and O–H groups in total. The number of phosphoric ester groups is 1. The van der Waals surface area contributed by atoms with Crippen LogP contribution in [0.1, 0.15) is 162 Å². The third-order valence-electron chi connectivity index (χ3n) is 9.75. The van der Waals surface area contributed by atoms with E-state index in [9.17, 15) is 44.6 Å². The third kappa shape index (κ3) is 25.4. The Morgan fingerprint density at radius 3 is 1.55 bits per heavy atom. The van der Waals surface area contributed by atoms with E-state index in [1.54, 1.807) is 0 Å². The lowest BCUT2D eigenvalue weighted by atomic mass is 9.85. The van der Waals surface area contributed by atoms with Gasteiger partial charge in [0.2, 0.25) is 0 Å². The molecule has 0 aliphatic heterocycles. The highest BCUT2D eigenvalue weighted by Gasteiger charge is 2.51. The van der Waals surface area contributed by atoms with Crippen molar-refractivity contribution in [3.63, 3.8) is 0 Å². The van der Waals surface area contributed by atoms with Crippen molar-refractivity contribution in [2.45, 2.75) is 204 Å². The van der Waals surface area contributed by atoms with Crippen molar-refractivity contribution >= 4 is 19.8 Å². The molecule has 6 unspecified atom stereocenters. The maximum atomic E-state index is 12.8. The molecule has 1 aliphatic rings. The van der Waals surface area contributed by atoms with Gasteiger partial charge in [-0.15, -0.1) is 0 Å². The van der Waals surface area contributed by atoms with Crippen LogP contribution >= 0.6 is 7.82 Å². The summed E-state index contributed by atoms with van der Waals surface area (Å²) in [6.45, 7) is 3.15. The summed E-state index contributed by atoms with van der Waals surface area (Å²) in [6, 6.07) is 0. The van der Waals surface area contributed by atoms with Crippen molar-refractivity contribution < 1.29 is 63.1 Å². The minimum atomic E-state index is -5.12. The van der Waals surface area contributed by atoms with E-state index in [2.05, 4.69) is 50.3 Å². The van der Waals surface area contributed by atoms with Crippen molar-refractivity contribution in [3.05, 3.63) is 36.5 Å². The number of esters is 2. The zero-order chi connectivity index (χ0) is 41.4. The van der Waals surface area contributed by atoms with Gasteiger partial charge in [-0.1, -0.05) is 140 Å². The van der Waals surface area contributed by atoms with Gasteiger partial charge in [0.1, 0.15) is 43.2 Å². The number of hydrogen-bond acceptors (Lipinski definition) is 12. The second-order valence-corrected chi connectivity index (χ2v) is 16.2. The molecule has 0 heterocycles. The Labute approximate surface area is 336 Å². The third-order valence-corrected chi connectivity index (χ3v) is 10.7. The Balaban J connectivity index is 2.51. The van der Waals surface area contributed by atoms with Crippen LogP contribution in [0, 0.1) is 0 Å². The van der Waals surface area contributed by atoms with E-state index in [1.807, 2.05) is 0 Å². The normalized spacial score (nSPS) is 23.2. The Bertz CT molecular complexity index is 1130. The van der Waals surface area contributed by atoms with E-state index < -0.39 is 75.7 Å². The molecule has 0 spiro atoms. The summed E-state index contributed by atoms with van der Waals surface area (Å²) in [4.78, 5) is 35.6. The van der Waals surface area contributed by atoms with Gasteiger partial charge in [0, 0.05) is 12.8 Å². The molecule has 14 heteroatoms. The van der Waals surface area contributed by atoms with Gasteiger partial charge in [-0.3, -0.25) is 18.6 Å². The van der Waals surface area contributed by atoms with E-state index in [0.29, 0.717) is 12.8 Å².